The molecule has 23 heavy (non-hydrogen) atoms. The number of benzene rings is 1. The molecule has 5 nitrogen and oxygen atoms in total. The van der Waals surface area contributed by atoms with Crippen LogP contribution in [0.3, 0.4) is 0 Å². The standard InChI is InChI=1S/C18H19N3O2/c1-3-12(2)18(22)21-11-14-10-13-6-4-7-15(16(13)23-14)17-19-8-5-9-20-17/h3-9,14H,10-11H2,1-2H3,(H,21,22). The molecule has 0 bridgehead atoms. The number of para-hydroxylation sites is 1. The van der Waals surface area contributed by atoms with E-state index in [-0.39, 0.29) is 12.0 Å². The van der Waals surface area contributed by atoms with Gasteiger partial charge in [0.1, 0.15) is 11.9 Å². The molecule has 5 heteroatoms. The fourth-order valence-electron chi connectivity index (χ4n) is 2.54. The molecule has 0 saturated carbocycles. The van der Waals surface area contributed by atoms with Crippen molar-refractivity contribution in [2.24, 2.45) is 0 Å². The molecule has 0 aliphatic carbocycles. The molecule has 1 aromatic carbocycles. The maximum Gasteiger partial charge on any atom is 0.246 e. The third kappa shape index (κ3) is 3.23. The van der Waals surface area contributed by atoms with E-state index in [9.17, 15) is 4.79 Å². The zero-order valence-electron chi connectivity index (χ0n) is 13.2. The van der Waals surface area contributed by atoms with Crippen LogP contribution in [0.2, 0.25) is 0 Å². The van der Waals surface area contributed by atoms with E-state index in [2.05, 4.69) is 15.3 Å². The first-order valence-electron chi connectivity index (χ1n) is 7.66. The summed E-state index contributed by atoms with van der Waals surface area (Å²) in [4.78, 5) is 20.4. The monoisotopic (exact) mass is 309 g/mol. The summed E-state index contributed by atoms with van der Waals surface area (Å²) < 4.78 is 6.04. The van der Waals surface area contributed by atoms with Gasteiger partial charge in [0.05, 0.1) is 12.1 Å². The number of ether oxygens (including phenoxy) is 1. The summed E-state index contributed by atoms with van der Waals surface area (Å²) >= 11 is 0. The van der Waals surface area contributed by atoms with Crippen molar-refractivity contribution in [3.8, 4) is 17.1 Å². The summed E-state index contributed by atoms with van der Waals surface area (Å²) in [5.41, 5.74) is 2.72. The average molecular weight is 309 g/mol. The Kier molecular flexibility index (Phi) is 4.37. The zero-order valence-corrected chi connectivity index (χ0v) is 13.2. The third-order valence-corrected chi connectivity index (χ3v) is 3.92. The van der Waals surface area contributed by atoms with Gasteiger partial charge >= 0.3 is 0 Å². The Hall–Kier alpha value is -2.69. The molecule has 2 heterocycles. The second-order valence-corrected chi connectivity index (χ2v) is 5.49. The second-order valence-electron chi connectivity index (χ2n) is 5.49. The van der Waals surface area contributed by atoms with Crippen molar-refractivity contribution in [1.29, 1.82) is 0 Å². The van der Waals surface area contributed by atoms with Crippen LogP contribution in [0.4, 0.5) is 0 Å². The van der Waals surface area contributed by atoms with E-state index in [1.54, 1.807) is 31.5 Å². The summed E-state index contributed by atoms with van der Waals surface area (Å²) in [6.07, 6.45) is 5.93. The smallest absolute Gasteiger partial charge is 0.246 e. The number of amides is 1. The Morgan fingerprint density at radius 1 is 1.35 bits per heavy atom. The number of carbonyl (C=O) groups excluding carboxylic acids is 1. The van der Waals surface area contributed by atoms with Crippen LogP contribution in [0.1, 0.15) is 19.4 Å². The summed E-state index contributed by atoms with van der Waals surface area (Å²) in [7, 11) is 0. The lowest BCUT2D eigenvalue weighted by Crippen LogP contribution is -2.34. The third-order valence-electron chi connectivity index (χ3n) is 3.92. The minimum Gasteiger partial charge on any atom is -0.487 e. The molecule has 1 aromatic heterocycles. The highest BCUT2D eigenvalue weighted by molar-refractivity contribution is 5.92. The Balaban J connectivity index is 1.73. The molecule has 2 aromatic rings. The van der Waals surface area contributed by atoms with Crippen LogP contribution in [0.5, 0.6) is 5.75 Å². The van der Waals surface area contributed by atoms with Gasteiger partial charge in [-0.1, -0.05) is 18.2 Å². The predicted molar refractivity (Wildman–Crippen MR) is 88.0 cm³/mol. The largest absolute Gasteiger partial charge is 0.487 e. The van der Waals surface area contributed by atoms with Gasteiger partial charge in [0.15, 0.2) is 5.82 Å². The molecule has 1 N–H and O–H groups in total. The Labute approximate surface area is 135 Å². The molecule has 3 rings (SSSR count). The highest BCUT2D eigenvalue weighted by Gasteiger charge is 2.26. The number of aromatic nitrogens is 2. The van der Waals surface area contributed by atoms with E-state index in [0.717, 1.165) is 23.3 Å². The minimum absolute atomic E-state index is 0.0568. The highest BCUT2D eigenvalue weighted by Crippen LogP contribution is 2.37. The number of hydrogen-bond acceptors (Lipinski definition) is 4. The van der Waals surface area contributed by atoms with Crippen LogP contribution in [0.15, 0.2) is 48.3 Å². The molecule has 1 atom stereocenters. The SMILES string of the molecule is CC=C(C)C(=O)NCC1Cc2cccc(-c3ncccn3)c2O1. The van der Waals surface area contributed by atoms with Gasteiger partial charge in [-0.2, -0.15) is 0 Å². The first-order valence-corrected chi connectivity index (χ1v) is 7.66. The van der Waals surface area contributed by atoms with Crippen molar-refractivity contribution in [1.82, 2.24) is 15.3 Å². The van der Waals surface area contributed by atoms with Crippen molar-refractivity contribution in [2.75, 3.05) is 6.54 Å². The summed E-state index contributed by atoms with van der Waals surface area (Å²) in [6.45, 7) is 4.13. The van der Waals surface area contributed by atoms with Crippen LogP contribution < -0.4 is 10.1 Å². The number of carbonyl (C=O) groups is 1. The normalized spacial score (nSPS) is 16.6. The summed E-state index contributed by atoms with van der Waals surface area (Å²) in [6, 6.07) is 7.77. The van der Waals surface area contributed by atoms with Crippen LogP contribution in [-0.2, 0) is 11.2 Å². The maximum absolute atomic E-state index is 11.8. The lowest BCUT2D eigenvalue weighted by atomic mass is 10.1. The van der Waals surface area contributed by atoms with Crippen molar-refractivity contribution in [3.63, 3.8) is 0 Å². The topological polar surface area (TPSA) is 64.1 Å². The molecule has 118 valence electrons. The van der Waals surface area contributed by atoms with Crippen LogP contribution in [0, 0.1) is 0 Å². The maximum atomic E-state index is 11.8. The lowest BCUT2D eigenvalue weighted by molar-refractivity contribution is -0.117. The number of fused-ring (bicyclic) bond motifs is 1. The first kappa shape index (κ1) is 15.2. The molecule has 0 saturated heterocycles. The summed E-state index contributed by atoms with van der Waals surface area (Å²) in [5.74, 6) is 1.41. The number of hydrogen-bond donors (Lipinski definition) is 1. The molecule has 1 amide bonds. The summed E-state index contributed by atoms with van der Waals surface area (Å²) in [5, 5.41) is 2.91. The number of rotatable bonds is 4. The molecule has 1 unspecified atom stereocenters. The average Bonchev–Trinajstić information content (AvgIpc) is 3.02. The number of allylic oxidation sites excluding steroid dienone is 1. The van der Waals surface area contributed by atoms with Gasteiger partial charge in [-0.05, 0) is 31.5 Å². The fourth-order valence-corrected chi connectivity index (χ4v) is 2.54. The van der Waals surface area contributed by atoms with Gasteiger partial charge in [0.25, 0.3) is 0 Å². The predicted octanol–water partition coefficient (Wildman–Crippen LogP) is 2.53. The van der Waals surface area contributed by atoms with Crippen molar-refractivity contribution < 1.29 is 9.53 Å². The van der Waals surface area contributed by atoms with Gasteiger partial charge in [-0.25, -0.2) is 9.97 Å². The quantitative estimate of drug-likeness (QED) is 0.882. The minimum atomic E-state index is -0.0662. The molecule has 0 fully saturated rings. The molecule has 1 aliphatic heterocycles. The van der Waals surface area contributed by atoms with Gasteiger partial charge in [0, 0.05) is 24.4 Å². The van der Waals surface area contributed by atoms with Crippen LogP contribution in [0.25, 0.3) is 11.4 Å². The molecule has 0 radical (unpaired) electrons. The highest BCUT2D eigenvalue weighted by atomic mass is 16.5. The van der Waals surface area contributed by atoms with E-state index in [1.165, 1.54) is 0 Å². The fraction of sp³-hybridized carbons (Fsp3) is 0.278. The first-order chi connectivity index (χ1) is 11.2. The molecular weight excluding hydrogens is 290 g/mol. The van der Waals surface area contributed by atoms with E-state index >= 15 is 0 Å². The van der Waals surface area contributed by atoms with Crippen LogP contribution in [-0.4, -0.2) is 28.5 Å². The van der Waals surface area contributed by atoms with Gasteiger partial charge < -0.3 is 10.1 Å². The van der Waals surface area contributed by atoms with E-state index < -0.39 is 0 Å². The zero-order chi connectivity index (χ0) is 16.2. The molecular formula is C18H19N3O2. The van der Waals surface area contributed by atoms with E-state index in [1.807, 2.05) is 25.1 Å². The molecule has 0 spiro atoms. The Morgan fingerprint density at radius 2 is 2.13 bits per heavy atom. The van der Waals surface area contributed by atoms with E-state index in [4.69, 9.17) is 4.74 Å². The Bertz CT molecular complexity index is 741. The van der Waals surface area contributed by atoms with Gasteiger partial charge in [-0.3, -0.25) is 4.79 Å². The van der Waals surface area contributed by atoms with Gasteiger partial charge in [-0.15, -0.1) is 0 Å². The van der Waals surface area contributed by atoms with Crippen LogP contribution >= 0.6 is 0 Å². The number of nitrogens with one attached hydrogen (secondary N) is 1. The lowest BCUT2D eigenvalue weighted by Gasteiger charge is -2.13. The van der Waals surface area contributed by atoms with Crippen molar-refractivity contribution in [2.45, 2.75) is 26.4 Å². The number of nitrogens with zero attached hydrogens (tertiary/aromatic N) is 2. The van der Waals surface area contributed by atoms with Gasteiger partial charge in [0.2, 0.25) is 5.91 Å². The van der Waals surface area contributed by atoms with Crippen molar-refractivity contribution >= 4 is 5.91 Å². The Morgan fingerprint density at radius 3 is 2.87 bits per heavy atom. The van der Waals surface area contributed by atoms with Crippen molar-refractivity contribution in [3.05, 3.63) is 53.9 Å². The second kappa shape index (κ2) is 6.60. The molecule has 1 aliphatic rings. The van der Waals surface area contributed by atoms with E-state index in [0.29, 0.717) is 17.9 Å².